The van der Waals surface area contributed by atoms with Crippen LogP contribution in [0.1, 0.15) is 45.5 Å². The smallest absolute Gasteiger partial charge is 0.251 e. The van der Waals surface area contributed by atoms with Crippen molar-refractivity contribution in [1.82, 2.24) is 10.2 Å². The summed E-state index contributed by atoms with van der Waals surface area (Å²) in [5.41, 5.74) is 5.29. The van der Waals surface area contributed by atoms with Gasteiger partial charge in [-0.3, -0.25) is 14.4 Å². The molecule has 1 saturated heterocycles. The molecule has 1 fully saturated rings. The van der Waals surface area contributed by atoms with Crippen LogP contribution in [0.4, 0.5) is 5.69 Å². The van der Waals surface area contributed by atoms with E-state index in [1.165, 1.54) is 0 Å². The van der Waals surface area contributed by atoms with Crippen molar-refractivity contribution in [3.63, 3.8) is 0 Å². The fraction of sp³-hybridized carbons (Fsp3) is 0.348. The molecule has 1 aliphatic heterocycles. The molecule has 2 aromatic carbocycles. The molecule has 1 aliphatic rings. The van der Waals surface area contributed by atoms with E-state index in [9.17, 15) is 14.4 Å². The number of nitrogens with zero attached hydrogens (tertiary/aromatic N) is 1. The van der Waals surface area contributed by atoms with Crippen LogP contribution in [0.15, 0.2) is 36.4 Å². The first-order valence-electron chi connectivity index (χ1n) is 9.86. The molecule has 152 valence electrons. The lowest BCUT2D eigenvalue weighted by molar-refractivity contribution is -0.128. The van der Waals surface area contributed by atoms with Crippen molar-refractivity contribution in [1.29, 1.82) is 0 Å². The minimum absolute atomic E-state index is 0.111. The molecule has 3 amide bonds. The second-order valence-electron chi connectivity index (χ2n) is 7.62. The summed E-state index contributed by atoms with van der Waals surface area (Å²) >= 11 is 0. The number of amides is 3. The van der Waals surface area contributed by atoms with Crippen LogP contribution in [0.5, 0.6) is 0 Å². The Bertz CT molecular complexity index is 929. The highest BCUT2D eigenvalue weighted by atomic mass is 16.2. The van der Waals surface area contributed by atoms with Crippen LogP contribution < -0.4 is 10.6 Å². The van der Waals surface area contributed by atoms with Gasteiger partial charge < -0.3 is 15.5 Å². The van der Waals surface area contributed by atoms with Crippen LogP contribution in [0.2, 0.25) is 0 Å². The molecular formula is C23H27N3O3. The molecule has 0 saturated carbocycles. The molecule has 3 rings (SSSR count). The van der Waals surface area contributed by atoms with Gasteiger partial charge in [0.05, 0.1) is 6.54 Å². The van der Waals surface area contributed by atoms with E-state index in [1.54, 1.807) is 23.1 Å². The molecule has 0 unspecified atom stereocenters. The van der Waals surface area contributed by atoms with Crippen molar-refractivity contribution in [2.45, 2.75) is 40.2 Å². The van der Waals surface area contributed by atoms with Gasteiger partial charge in [0.15, 0.2) is 0 Å². The Morgan fingerprint density at radius 2 is 1.79 bits per heavy atom. The number of likely N-dealkylation sites (tertiary alicyclic amines) is 1. The van der Waals surface area contributed by atoms with Crippen LogP contribution in [0.3, 0.4) is 0 Å². The fourth-order valence-corrected chi connectivity index (χ4v) is 3.73. The zero-order valence-corrected chi connectivity index (χ0v) is 17.2. The monoisotopic (exact) mass is 393 g/mol. The fourth-order valence-electron chi connectivity index (χ4n) is 3.73. The summed E-state index contributed by atoms with van der Waals surface area (Å²) in [5.74, 6) is -0.433. The van der Waals surface area contributed by atoms with Crippen LogP contribution in [0, 0.1) is 20.8 Å². The maximum Gasteiger partial charge on any atom is 0.251 e. The number of carbonyl (C=O) groups excluding carboxylic acids is 3. The molecule has 2 aromatic rings. The number of carbonyl (C=O) groups is 3. The Morgan fingerprint density at radius 1 is 1.07 bits per heavy atom. The molecule has 0 bridgehead atoms. The lowest BCUT2D eigenvalue weighted by atomic mass is 10.1. The van der Waals surface area contributed by atoms with Gasteiger partial charge in [-0.25, -0.2) is 0 Å². The molecule has 1 heterocycles. The van der Waals surface area contributed by atoms with E-state index in [4.69, 9.17) is 0 Å². The van der Waals surface area contributed by atoms with Crippen molar-refractivity contribution < 1.29 is 14.4 Å². The number of aryl methyl sites for hydroxylation is 3. The Hall–Kier alpha value is -3.15. The highest BCUT2D eigenvalue weighted by molar-refractivity contribution is 6.00. The van der Waals surface area contributed by atoms with E-state index >= 15 is 0 Å². The normalized spacial score (nSPS) is 13.5. The van der Waals surface area contributed by atoms with Gasteiger partial charge in [0.1, 0.15) is 0 Å². The molecule has 0 radical (unpaired) electrons. The van der Waals surface area contributed by atoms with E-state index < -0.39 is 0 Å². The number of nitrogens with one attached hydrogen (secondary N) is 2. The predicted molar refractivity (Wildman–Crippen MR) is 113 cm³/mol. The number of rotatable bonds is 6. The molecule has 0 spiro atoms. The van der Waals surface area contributed by atoms with Gasteiger partial charge in [-0.15, -0.1) is 0 Å². The average molecular weight is 393 g/mol. The Labute approximate surface area is 171 Å². The van der Waals surface area contributed by atoms with Gasteiger partial charge in [-0.1, -0.05) is 29.8 Å². The topological polar surface area (TPSA) is 78.5 Å². The highest BCUT2D eigenvalue weighted by Gasteiger charge is 2.20. The molecular weight excluding hydrogens is 366 g/mol. The zero-order chi connectivity index (χ0) is 21.0. The van der Waals surface area contributed by atoms with E-state index in [0.717, 1.165) is 40.9 Å². The van der Waals surface area contributed by atoms with Gasteiger partial charge in [-0.05, 0) is 56.0 Å². The average Bonchev–Trinajstić information content (AvgIpc) is 3.07. The van der Waals surface area contributed by atoms with Crippen molar-refractivity contribution in [3.05, 3.63) is 64.2 Å². The summed E-state index contributed by atoms with van der Waals surface area (Å²) < 4.78 is 0. The van der Waals surface area contributed by atoms with Gasteiger partial charge in [0, 0.05) is 30.8 Å². The first kappa shape index (κ1) is 20.6. The quantitative estimate of drug-likeness (QED) is 0.792. The van der Waals surface area contributed by atoms with Crippen molar-refractivity contribution in [2.24, 2.45) is 0 Å². The number of hydrogen-bond donors (Lipinski definition) is 2. The van der Waals surface area contributed by atoms with Gasteiger partial charge in [0.25, 0.3) is 5.91 Å². The Morgan fingerprint density at radius 3 is 2.45 bits per heavy atom. The van der Waals surface area contributed by atoms with Crippen LogP contribution in [-0.2, 0) is 16.1 Å². The van der Waals surface area contributed by atoms with Gasteiger partial charge in [-0.2, -0.15) is 0 Å². The summed E-state index contributed by atoms with van der Waals surface area (Å²) in [6.07, 6.45) is 1.48. The SMILES string of the molecule is Cc1cc(C)c(NC(=O)CNC(=O)c2cccc(CN3CCCC3=O)c2)c(C)c1. The molecule has 0 aromatic heterocycles. The van der Waals surface area contributed by atoms with Crippen LogP contribution in [0.25, 0.3) is 0 Å². The summed E-state index contributed by atoms with van der Waals surface area (Å²) in [6, 6.07) is 11.2. The van der Waals surface area contributed by atoms with E-state index in [-0.39, 0.29) is 24.3 Å². The largest absolute Gasteiger partial charge is 0.343 e. The van der Waals surface area contributed by atoms with Crippen molar-refractivity contribution in [2.75, 3.05) is 18.4 Å². The molecule has 0 atom stereocenters. The maximum absolute atomic E-state index is 12.5. The number of anilines is 1. The lowest BCUT2D eigenvalue weighted by Crippen LogP contribution is -2.33. The third kappa shape index (κ3) is 5.22. The van der Waals surface area contributed by atoms with Gasteiger partial charge in [0.2, 0.25) is 11.8 Å². The van der Waals surface area contributed by atoms with E-state index in [1.807, 2.05) is 39.0 Å². The number of hydrogen-bond acceptors (Lipinski definition) is 3. The predicted octanol–water partition coefficient (Wildman–Crippen LogP) is 3.10. The van der Waals surface area contributed by atoms with Crippen molar-refractivity contribution in [3.8, 4) is 0 Å². The minimum Gasteiger partial charge on any atom is -0.343 e. The van der Waals surface area contributed by atoms with Crippen molar-refractivity contribution >= 4 is 23.4 Å². The maximum atomic E-state index is 12.5. The molecule has 6 nitrogen and oxygen atoms in total. The first-order chi connectivity index (χ1) is 13.8. The third-order valence-electron chi connectivity index (χ3n) is 5.08. The summed E-state index contributed by atoms with van der Waals surface area (Å²) in [7, 11) is 0. The Kier molecular flexibility index (Phi) is 6.32. The summed E-state index contributed by atoms with van der Waals surface area (Å²) in [4.78, 5) is 38.4. The number of benzene rings is 2. The standard InChI is InChI=1S/C23H27N3O3/c1-15-10-16(2)22(17(3)11-15)25-20(27)13-24-23(29)19-7-4-6-18(12-19)14-26-9-5-8-21(26)28/h4,6-7,10-12H,5,8-9,13-14H2,1-3H3,(H,24,29)(H,25,27). The molecule has 0 aliphatic carbocycles. The Balaban J connectivity index is 1.57. The van der Waals surface area contributed by atoms with Gasteiger partial charge >= 0.3 is 0 Å². The van der Waals surface area contributed by atoms with Crippen LogP contribution >= 0.6 is 0 Å². The second kappa shape index (κ2) is 8.90. The van der Waals surface area contributed by atoms with Crippen LogP contribution in [-0.4, -0.2) is 35.7 Å². The molecule has 6 heteroatoms. The molecule has 2 N–H and O–H groups in total. The second-order valence-corrected chi connectivity index (χ2v) is 7.62. The first-order valence-corrected chi connectivity index (χ1v) is 9.86. The summed E-state index contributed by atoms with van der Waals surface area (Å²) in [5, 5.41) is 5.55. The van der Waals surface area contributed by atoms with E-state index in [2.05, 4.69) is 10.6 Å². The molecule has 29 heavy (non-hydrogen) atoms. The summed E-state index contributed by atoms with van der Waals surface area (Å²) in [6.45, 7) is 7.06. The zero-order valence-electron chi connectivity index (χ0n) is 17.2. The van der Waals surface area contributed by atoms with E-state index in [0.29, 0.717) is 18.5 Å². The lowest BCUT2D eigenvalue weighted by Gasteiger charge is -2.16. The third-order valence-corrected chi connectivity index (χ3v) is 5.08. The minimum atomic E-state index is -0.313. The highest BCUT2D eigenvalue weighted by Crippen LogP contribution is 2.21.